The Hall–Kier alpha value is -0.750. The molecule has 1 amide bonds. The second-order valence-electron chi connectivity index (χ2n) is 4.19. The lowest BCUT2D eigenvalue weighted by molar-refractivity contribution is -0.136. The fourth-order valence-electron chi connectivity index (χ4n) is 2.05. The summed E-state index contributed by atoms with van der Waals surface area (Å²) in [6, 6.07) is 0.103. The van der Waals surface area contributed by atoms with Crippen molar-refractivity contribution in [1.82, 2.24) is 4.90 Å². The van der Waals surface area contributed by atoms with Gasteiger partial charge in [0.25, 0.3) is 6.43 Å². The Labute approximate surface area is 100 Å². The van der Waals surface area contributed by atoms with Crippen molar-refractivity contribution in [1.29, 1.82) is 0 Å². The molecule has 0 bridgehead atoms. The zero-order valence-electron chi connectivity index (χ0n) is 9.91. The van der Waals surface area contributed by atoms with Crippen LogP contribution in [0.25, 0.3) is 0 Å². The first-order valence-electron chi connectivity index (χ1n) is 6.00. The molecule has 2 N–H and O–H groups in total. The quantitative estimate of drug-likeness (QED) is 0.715. The van der Waals surface area contributed by atoms with Crippen molar-refractivity contribution in [2.24, 2.45) is 5.73 Å². The van der Waals surface area contributed by atoms with E-state index in [-0.39, 0.29) is 25.0 Å². The van der Waals surface area contributed by atoms with Crippen molar-refractivity contribution >= 4 is 5.91 Å². The number of hydrogen-bond donors (Lipinski definition) is 1. The van der Waals surface area contributed by atoms with Crippen LogP contribution in [0, 0.1) is 0 Å². The predicted molar refractivity (Wildman–Crippen MR) is 59.8 cm³/mol. The van der Waals surface area contributed by atoms with Crippen molar-refractivity contribution in [3.05, 3.63) is 0 Å². The van der Waals surface area contributed by atoms with E-state index >= 15 is 0 Å². The lowest BCUT2D eigenvalue weighted by atomic mass is 10.0. The van der Waals surface area contributed by atoms with Crippen LogP contribution in [-0.2, 0) is 9.53 Å². The van der Waals surface area contributed by atoms with Crippen molar-refractivity contribution < 1.29 is 18.3 Å². The normalized spacial score (nSPS) is 20.9. The second-order valence-corrected chi connectivity index (χ2v) is 4.19. The van der Waals surface area contributed by atoms with Gasteiger partial charge in [-0.2, -0.15) is 0 Å². The molecule has 0 radical (unpaired) electrons. The van der Waals surface area contributed by atoms with E-state index in [0.29, 0.717) is 6.54 Å². The fourth-order valence-corrected chi connectivity index (χ4v) is 2.05. The minimum absolute atomic E-state index is 0.0468. The van der Waals surface area contributed by atoms with Crippen molar-refractivity contribution in [2.75, 3.05) is 26.3 Å². The highest BCUT2D eigenvalue weighted by Crippen LogP contribution is 2.17. The van der Waals surface area contributed by atoms with Crippen LogP contribution in [0.1, 0.15) is 25.7 Å². The number of carbonyl (C=O) groups is 1. The molecular formula is C11H20F2N2O2. The lowest BCUT2D eigenvalue weighted by Gasteiger charge is -2.35. The van der Waals surface area contributed by atoms with Crippen molar-refractivity contribution in [2.45, 2.75) is 38.2 Å². The summed E-state index contributed by atoms with van der Waals surface area (Å²) >= 11 is 0. The number of halogens is 2. The molecule has 0 aromatic heterocycles. The zero-order chi connectivity index (χ0) is 12.7. The van der Waals surface area contributed by atoms with Crippen LogP contribution < -0.4 is 5.73 Å². The van der Waals surface area contributed by atoms with E-state index in [1.807, 2.05) is 0 Å². The van der Waals surface area contributed by atoms with Crippen LogP contribution >= 0.6 is 0 Å². The summed E-state index contributed by atoms with van der Waals surface area (Å²) < 4.78 is 28.3. The Morgan fingerprint density at radius 3 is 2.88 bits per heavy atom. The molecule has 0 aliphatic carbocycles. The highest BCUT2D eigenvalue weighted by atomic mass is 19.3. The average Bonchev–Trinajstić information content (AvgIpc) is 2.34. The molecule has 0 spiro atoms. The molecular weight excluding hydrogens is 230 g/mol. The Bertz CT molecular complexity index is 240. The Morgan fingerprint density at radius 2 is 2.24 bits per heavy atom. The minimum atomic E-state index is -2.48. The maximum Gasteiger partial charge on any atom is 0.261 e. The molecule has 1 heterocycles. The predicted octanol–water partition coefficient (Wildman–Crippen LogP) is 0.998. The molecule has 1 atom stereocenters. The number of alkyl halides is 2. The number of carbonyl (C=O) groups excluding carboxylic acids is 1. The van der Waals surface area contributed by atoms with Gasteiger partial charge in [0.05, 0.1) is 13.0 Å². The highest BCUT2D eigenvalue weighted by Gasteiger charge is 2.24. The summed E-state index contributed by atoms with van der Waals surface area (Å²) in [7, 11) is 0. The molecule has 0 aromatic rings. The number of nitrogens with zero attached hydrogens (tertiary/aromatic N) is 1. The first-order valence-corrected chi connectivity index (χ1v) is 6.00. The van der Waals surface area contributed by atoms with Gasteiger partial charge in [0.15, 0.2) is 0 Å². The van der Waals surface area contributed by atoms with Crippen molar-refractivity contribution in [3.63, 3.8) is 0 Å². The summed E-state index contributed by atoms with van der Waals surface area (Å²) in [6.07, 6.45) is 0.689. The van der Waals surface area contributed by atoms with E-state index in [1.54, 1.807) is 4.90 Å². The van der Waals surface area contributed by atoms with Crippen LogP contribution in [0.3, 0.4) is 0 Å². The summed E-state index contributed by atoms with van der Waals surface area (Å²) in [5, 5.41) is 0. The largest absolute Gasteiger partial charge is 0.375 e. The van der Waals surface area contributed by atoms with Gasteiger partial charge < -0.3 is 15.4 Å². The van der Waals surface area contributed by atoms with Gasteiger partial charge in [0.1, 0.15) is 6.61 Å². The SMILES string of the molecule is NCC1CCCCN1C(=O)CCOCC(F)F. The van der Waals surface area contributed by atoms with Gasteiger partial charge in [-0.1, -0.05) is 0 Å². The van der Waals surface area contributed by atoms with E-state index in [9.17, 15) is 13.6 Å². The van der Waals surface area contributed by atoms with Gasteiger partial charge in [0, 0.05) is 19.1 Å². The van der Waals surface area contributed by atoms with Crippen molar-refractivity contribution in [3.8, 4) is 0 Å². The molecule has 100 valence electrons. The molecule has 0 saturated carbocycles. The molecule has 1 fully saturated rings. The smallest absolute Gasteiger partial charge is 0.261 e. The minimum Gasteiger partial charge on any atom is -0.375 e. The number of piperidine rings is 1. The summed E-state index contributed by atoms with van der Waals surface area (Å²) in [5.74, 6) is -0.0468. The number of amides is 1. The maximum absolute atomic E-state index is 11.8. The number of rotatable bonds is 6. The average molecular weight is 250 g/mol. The van der Waals surface area contributed by atoms with Crippen LogP contribution in [0.2, 0.25) is 0 Å². The molecule has 1 unspecified atom stereocenters. The number of hydrogen-bond acceptors (Lipinski definition) is 3. The van der Waals surface area contributed by atoms with Crippen LogP contribution in [-0.4, -0.2) is 49.6 Å². The summed E-state index contributed by atoms with van der Waals surface area (Å²) in [4.78, 5) is 13.6. The molecule has 1 rings (SSSR count). The first-order chi connectivity index (χ1) is 8.15. The van der Waals surface area contributed by atoms with Gasteiger partial charge in [0.2, 0.25) is 5.91 Å². The van der Waals surface area contributed by atoms with E-state index in [4.69, 9.17) is 10.5 Å². The van der Waals surface area contributed by atoms with Gasteiger partial charge >= 0.3 is 0 Å². The number of ether oxygens (including phenoxy) is 1. The van der Waals surface area contributed by atoms with Gasteiger partial charge in [-0.25, -0.2) is 8.78 Å². The van der Waals surface area contributed by atoms with Crippen LogP contribution in [0.5, 0.6) is 0 Å². The molecule has 17 heavy (non-hydrogen) atoms. The third-order valence-electron chi connectivity index (χ3n) is 2.92. The number of likely N-dealkylation sites (tertiary alicyclic amines) is 1. The topological polar surface area (TPSA) is 55.6 Å². The lowest BCUT2D eigenvalue weighted by Crippen LogP contribution is -2.47. The summed E-state index contributed by atoms with van der Waals surface area (Å²) in [6.45, 7) is 0.629. The van der Waals surface area contributed by atoms with E-state index in [0.717, 1.165) is 25.8 Å². The Balaban J connectivity index is 2.25. The van der Waals surface area contributed by atoms with Crippen LogP contribution in [0.15, 0.2) is 0 Å². The monoisotopic (exact) mass is 250 g/mol. The number of nitrogens with two attached hydrogens (primary N) is 1. The molecule has 6 heteroatoms. The van der Waals surface area contributed by atoms with E-state index < -0.39 is 13.0 Å². The molecule has 0 aromatic carbocycles. The van der Waals surface area contributed by atoms with Gasteiger partial charge in [-0.05, 0) is 19.3 Å². The Morgan fingerprint density at radius 1 is 1.47 bits per heavy atom. The summed E-state index contributed by atoms with van der Waals surface area (Å²) in [5.41, 5.74) is 5.60. The fraction of sp³-hybridized carbons (Fsp3) is 0.909. The molecule has 1 saturated heterocycles. The molecule has 4 nitrogen and oxygen atoms in total. The van der Waals surface area contributed by atoms with Gasteiger partial charge in [-0.15, -0.1) is 0 Å². The maximum atomic E-state index is 11.8. The van der Waals surface area contributed by atoms with E-state index in [1.165, 1.54) is 0 Å². The third-order valence-corrected chi connectivity index (χ3v) is 2.92. The zero-order valence-corrected chi connectivity index (χ0v) is 9.91. The third kappa shape index (κ3) is 4.95. The molecule has 1 aliphatic rings. The Kier molecular flexibility index (Phi) is 6.36. The first kappa shape index (κ1) is 14.3. The standard InChI is InChI=1S/C11H20F2N2O2/c12-10(13)8-17-6-4-11(16)15-5-2-1-3-9(15)7-14/h9-10H,1-8,14H2. The van der Waals surface area contributed by atoms with Gasteiger partial charge in [-0.3, -0.25) is 4.79 Å². The second kappa shape index (κ2) is 7.55. The highest BCUT2D eigenvalue weighted by molar-refractivity contribution is 5.76. The van der Waals surface area contributed by atoms with E-state index in [2.05, 4.69) is 0 Å². The molecule has 1 aliphatic heterocycles. The van der Waals surface area contributed by atoms with Crippen LogP contribution in [0.4, 0.5) is 8.78 Å².